The lowest BCUT2D eigenvalue weighted by molar-refractivity contribution is 0.133. The molecule has 1 N–H and O–H groups in total. The Bertz CT molecular complexity index is 1300. The van der Waals surface area contributed by atoms with E-state index in [-0.39, 0.29) is 17.9 Å². The molecule has 0 aliphatic carbocycles. The van der Waals surface area contributed by atoms with Crippen LogP contribution < -0.4 is 5.32 Å². The molecular weight excluding hydrogens is 437 g/mol. The van der Waals surface area contributed by atoms with E-state index in [1.807, 2.05) is 18.7 Å². The number of nitrogens with one attached hydrogen (secondary N) is 1. The molecule has 5 rings (SSSR count). The lowest BCUT2D eigenvalue weighted by Gasteiger charge is -2.35. The summed E-state index contributed by atoms with van der Waals surface area (Å²) >= 11 is 1.68. The fourth-order valence-corrected chi connectivity index (χ4v) is 5.52. The number of piperazine rings is 1. The van der Waals surface area contributed by atoms with Crippen LogP contribution in [0.25, 0.3) is 26.4 Å². The number of hydrogen-bond donors (Lipinski definition) is 1. The first kappa shape index (κ1) is 21.9. The summed E-state index contributed by atoms with van der Waals surface area (Å²) in [7, 11) is 0. The van der Waals surface area contributed by atoms with Crippen molar-refractivity contribution in [3.05, 3.63) is 59.5 Å². The second-order valence-electron chi connectivity index (χ2n) is 8.97. The van der Waals surface area contributed by atoms with Gasteiger partial charge in [-0.25, -0.2) is 14.2 Å². The lowest BCUT2D eigenvalue weighted by Crippen LogP contribution is -2.52. The van der Waals surface area contributed by atoms with Crippen LogP contribution in [0.3, 0.4) is 0 Å². The van der Waals surface area contributed by atoms with Crippen LogP contribution in [0.15, 0.2) is 42.5 Å². The molecule has 33 heavy (non-hydrogen) atoms. The summed E-state index contributed by atoms with van der Waals surface area (Å²) in [5, 5.41) is 2.98. The number of thiazole rings is 1. The molecule has 0 saturated carbocycles. The molecule has 0 bridgehead atoms. The summed E-state index contributed by atoms with van der Waals surface area (Å²) in [6, 6.07) is 13.2. The monoisotopic (exact) mass is 465 g/mol. The Morgan fingerprint density at radius 1 is 1.12 bits per heavy atom. The fraction of sp³-hybridized carbons (Fsp3) is 0.360. The maximum atomic E-state index is 13.6. The van der Waals surface area contributed by atoms with E-state index < -0.39 is 0 Å². The van der Waals surface area contributed by atoms with Gasteiger partial charge in [0.2, 0.25) is 0 Å². The zero-order valence-corrected chi connectivity index (χ0v) is 20.0. The van der Waals surface area contributed by atoms with Gasteiger partial charge in [0.25, 0.3) is 0 Å². The Hall–Kier alpha value is -2.97. The molecule has 8 heteroatoms. The van der Waals surface area contributed by atoms with Crippen molar-refractivity contribution >= 4 is 32.5 Å². The number of hydrogen-bond acceptors (Lipinski definition) is 4. The Balaban J connectivity index is 1.48. The highest BCUT2D eigenvalue weighted by atomic mass is 32.1. The van der Waals surface area contributed by atoms with E-state index in [0.717, 1.165) is 40.5 Å². The minimum Gasteiger partial charge on any atom is -0.336 e. The van der Waals surface area contributed by atoms with E-state index in [2.05, 4.69) is 39.7 Å². The average Bonchev–Trinajstić information content (AvgIpc) is 3.30. The second-order valence-corrected chi connectivity index (χ2v) is 9.98. The van der Waals surface area contributed by atoms with Gasteiger partial charge in [0, 0.05) is 44.3 Å². The number of fused-ring (bicyclic) bond motifs is 3. The Morgan fingerprint density at radius 3 is 2.55 bits per heavy atom. The Morgan fingerprint density at radius 2 is 1.85 bits per heavy atom. The quantitative estimate of drug-likeness (QED) is 0.467. The third-order valence-electron chi connectivity index (χ3n) is 6.06. The average molecular weight is 466 g/mol. The van der Waals surface area contributed by atoms with Crippen LogP contribution in [-0.2, 0) is 6.54 Å². The van der Waals surface area contributed by atoms with Gasteiger partial charge in [-0.15, -0.1) is 0 Å². The van der Waals surface area contributed by atoms with Crippen molar-refractivity contribution in [2.24, 2.45) is 0 Å². The van der Waals surface area contributed by atoms with Crippen LogP contribution >= 0.6 is 11.3 Å². The summed E-state index contributed by atoms with van der Waals surface area (Å²) < 4.78 is 17.0. The first-order valence-corrected chi connectivity index (χ1v) is 12.1. The SMILES string of the molecule is Cc1ccc2c(c1)sc1nc(-c3ccc(F)cc3)c(CN3CCN(C(=O)NC(C)C)CC3)n12. The maximum Gasteiger partial charge on any atom is 0.317 e. The highest BCUT2D eigenvalue weighted by Gasteiger charge is 2.25. The summed E-state index contributed by atoms with van der Waals surface area (Å²) in [5.74, 6) is -0.252. The third kappa shape index (κ3) is 4.32. The number of aromatic nitrogens is 2. The number of aryl methyl sites for hydroxylation is 1. The molecule has 1 saturated heterocycles. The standard InChI is InChI=1S/C25H28FN5OS/c1-16(2)27-24(32)30-12-10-29(11-13-30)15-21-23(18-5-7-19(26)8-6-18)28-25-31(21)20-9-4-17(3)14-22(20)33-25/h4-9,14,16H,10-13,15H2,1-3H3,(H,27,32). The second kappa shape index (κ2) is 8.76. The van der Waals surface area contributed by atoms with Crippen LogP contribution in [0.5, 0.6) is 0 Å². The molecule has 0 radical (unpaired) electrons. The summed E-state index contributed by atoms with van der Waals surface area (Å²) in [6.07, 6.45) is 0. The minimum atomic E-state index is -0.252. The van der Waals surface area contributed by atoms with E-state index in [1.165, 1.54) is 22.4 Å². The van der Waals surface area contributed by atoms with Crippen molar-refractivity contribution < 1.29 is 9.18 Å². The molecule has 0 spiro atoms. The van der Waals surface area contributed by atoms with Crippen LogP contribution in [0, 0.1) is 12.7 Å². The minimum absolute atomic E-state index is 0.00240. The number of urea groups is 1. The largest absolute Gasteiger partial charge is 0.336 e. The van der Waals surface area contributed by atoms with E-state index in [4.69, 9.17) is 4.98 Å². The smallest absolute Gasteiger partial charge is 0.317 e. The number of nitrogens with zero attached hydrogens (tertiary/aromatic N) is 4. The normalized spacial score (nSPS) is 15.1. The molecule has 2 amide bonds. The number of amides is 2. The van der Waals surface area contributed by atoms with Gasteiger partial charge in [-0.1, -0.05) is 17.4 Å². The molecule has 0 unspecified atom stereocenters. The summed E-state index contributed by atoms with van der Waals surface area (Å²) in [4.78, 5) is 22.5. The number of carbonyl (C=O) groups excluding carboxylic acids is 1. The van der Waals surface area contributed by atoms with Crippen molar-refractivity contribution in [3.63, 3.8) is 0 Å². The van der Waals surface area contributed by atoms with Crippen LogP contribution in [0.2, 0.25) is 0 Å². The molecule has 6 nitrogen and oxygen atoms in total. The van der Waals surface area contributed by atoms with Crippen LogP contribution in [0.1, 0.15) is 25.1 Å². The van der Waals surface area contributed by atoms with Gasteiger partial charge >= 0.3 is 6.03 Å². The molecule has 0 atom stereocenters. The number of halogens is 1. The zero-order valence-electron chi connectivity index (χ0n) is 19.1. The van der Waals surface area contributed by atoms with Gasteiger partial charge in [0.1, 0.15) is 5.82 Å². The molecule has 2 aromatic heterocycles. The third-order valence-corrected chi connectivity index (χ3v) is 7.07. The molecule has 1 aliphatic rings. The van der Waals surface area contributed by atoms with Gasteiger partial charge in [0.15, 0.2) is 4.96 Å². The van der Waals surface area contributed by atoms with E-state index in [0.29, 0.717) is 19.6 Å². The van der Waals surface area contributed by atoms with Gasteiger partial charge in [0.05, 0.1) is 21.6 Å². The van der Waals surface area contributed by atoms with Gasteiger partial charge in [-0.3, -0.25) is 9.30 Å². The fourth-order valence-electron chi connectivity index (χ4n) is 4.38. The Kier molecular flexibility index (Phi) is 5.80. The van der Waals surface area contributed by atoms with Gasteiger partial charge in [-0.2, -0.15) is 0 Å². The summed E-state index contributed by atoms with van der Waals surface area (Å²) in [5.41, 5.74) is 5.28. The first-order valence-electron chi connectivity index (χ1n) is 11.3. The van der Waals surface area contributed by atoms with Gasteiger partial charge < -0.3 is 10.2 Å². The molecule has 4 aromatic rings. The van der Waals surface area contributed by atoms with Crippen LogP contribution in [0.4, 0.5) is 9.18 Å². The topological polar surface area (TPSA) is 52.9 Å². The molecule has 172 valence electrons. The number of rotatable bonds is 4. The van der Waals surface area contributed by atoms with Crippen molar-refractivity contribution in [2.75, 3.05) is 26.2 Å². The highest BCUT2D eigenvalue weighted by molar-refractivity contribution is 7.23. The molecular formula is C25H28FN5OS. The van der Waals surface area contributed by atoms with Crippen molar-refractivity contribution in [2.45, 2.75) is 33.4 Å². The first-order chi connectivity index (χ1) is 15.9. The van der Waals surface area contributed by atoms with E-state index in [9.17, 15) is 9.18 Å². The number of carbonyl (C=O) groups is 1. The molecule has 1 aliphatic heterocycles. The van der Waals surface area contributed by atoms with Gasteiger partial charge in [-0.05, 0) is 62.7 Å². The summed E-state index contributed by atoms with van der Waals surface area (Å²) in [6.45, 7) is 9.73. The van der Waals surface area contributed by atoms with E-state index in [1.54, 1.807) is 23.5 Å². The zero-order chi connectivity index (χ0) is 23.1. The van der Waals surface area contributed by atoms with Crippen molar-refractivity contribution in [1.29, 1.82) is 0 Å². The predicted octanol–water partition coefficient (Wildman–Crippen LogP) is 4.90. The highest BCUT2D eigenvalue weighted by Crippen LogP contribution is 2.34. The number of benzene rings is 2. The van der Waals surface area contributed by atoms with Crippen LogP contribution in [-0.4, -0.2) is 57.4 Å². The van der Waals surface area contributed by atoms with Crippen molar-refractivity contribution in [1.82, 2.24) is 24.5 Å². The maximum absolute atomic E-state index is 13.6. The molecule has 1 fully saturated rings. The Labute approximate surface area is 196 Å². The molecule has 3 heterocycles. The predicted molar refractivity (Wildman–Crippen MR) is 131 cm³/mol. The molecule has 2 aromatic carbocycles. The lowest BCUT2D eigenvalue weighted by atomic mass is 10.1. The van der Waals surface area contributed by atoms with E-state index >= 15 is 0 Å². The number of imidazole rings is 1. The van der Waals surface area contributed by atoms with Crippen molar-refractivity contribution in [3.8, 4) is 11.3 Å².